The van der Waals surface area contributed by atoms with E-state index in [-0.39, 0.29) is 6.79 Å². The van der Waals surface area contributed by atoms with Crippen molar-refractivity contribution in [1.82, 2.24) is 10.2 Å². The molecule has 0 saturated carbocycles. The standard InChI is InChI=1S/C16H24N2O3/c1-18-5-3-12(4-6-18)9-17-10-13-7-14(19-2)16-15(8-13)20-11-21-16/h7-8,12,17H,3-6,9-11H2,1-2H3. The van der Waals surface area contributed by atoms with Crippen molar-refractivity contribution in [3.63, 3.8) is 0 Å². The summed E-state index contributed by atoms with van der Waals surface area (Å²) in [4.78, 5) is 2.40. The number of nitrogens with zero attached hydrogens (tertiary/aromatic N) is 1. The second-order valence-electron chi connectivity index (χ2n) is 5.91. The van der Waals surface area contributed by atoms with Crippen LogP contribution in [0.3, 0.4) is 0 Å². The minimum absolute atomic E-state index is 0.276. The Hall–Kier alpha value is -1.46. The molecule has 0 radical (unpaired) electrons. The van der Waals surface area contributed by atoms with Crippen LogP contribution in [0.4, 0.5) is 0 Å². The summed E-state index contributed by atoms with van der Waals surface area (Å²) in [6.45, 7) is 4.61. The summed E-state index contributed by atoms with van der Waals surface area (Å²) in [5.41, 5.74) is 1.17. The number of nitrogens with one attached hydrogen (secondary N) is 1. The molecule has 3 rings (SSSR count). The van der Waals surface area contributed by atoms with Crippen LogP contribution in [0.2, 0.25) is 0 Å². The van der Waals surface area contributed by atoms with Crippen LogP contribution in [0.1, 0.15) is 18.4 Å². The van der Waals surface area contributed by atoms with Gasteiger partial charge in [0, 0.05) is 6.54 Å². The molecule has 0 unspecified atom stereocenters. The van der Waals surface area contributed by atoms with Gasteiger partial charge in [-0.1, -0.05) is 0 Å². The van der Waals surface area contributed by atoms with Crippen LogP contribution in [0.15, 0.2) is 12.1 Å². The minimum Gasteiger partial charge on any atom is -0.493 e. The van der Waals surface area contributed by atoms with Crippen molar-refractivity contribution in [3.8, 4) is 17.2 Å². The molecular weight excluding hydrogens is 268 g/mol. The summed E-state index contributed by atoms with van der Waals surface area (Å²) in [6.07, 6.45) is 2.57. The van der Waals surface area contributed by atoms with Crippen LogP contribution in [0, 0.1) is 5.92 Å². The highest BCUT2D eigenvalue weighted by Gasteiger charge is 2.20. The molecule has 21 heavy (non-hydrogen) atoms. The fraction of sp³-hybridized carbons (Fsp3) is 0.625. The first kappa shape index (κ1) is 14.5. The number of rotatable bonds is 5. The number of hydrogen-bond donors (Lipinski definition) is 1. The van der Waals surface area contributed by atoms with Gasteiger partial charge in [0.25, 0.3) is 0 Å². The van der Waals surface area contributed by atoms with E-state index in [9.17, 15) is 0 Å². The van der Waals surface area contributed by atoms with Gasteiger partial charge in [0.15, 0.2) is 11.5 Å². The fourth-order valence-corrected chi connectivity index (χ4v) is 2.97. The second-order valence-corrected chi connectivity index (χ2v) is 5.91. The molecule has 1 aromatic rings. The van der Waals surface area contributed by atoms with E-state index in [0.29, 0.717) is 0 Å². The predicted molar refractivity (Wildman–Crippen MR) is 81.0 cm³/mol. The van der Waals surface area contributed by atoms with Crippen molar-refractivity contribution in [2.75, 3.05) is 40.6 Å². The first-order valence-electron chi connectivity index (χ1n) is 7.62. The van der Waals surface area contributed by atoms with Gasteiger partial charge in [0.05, 0.1) is 7.11 Å². The molecule has 0 spiro atoms. The summed E-state index contributed by atoms with van der Waals surface area (Å²) in [6, 6.07) is 4.06. The van der Waals surface area contributed by atoms with E-state index < -0.39 is 0 Å². The molecule has 2 aliphatic heterocycles. The fourth-order valence-electron chi connectivity index (χ4n) is 2.97. The zero-order valence-electron chi connectivity index (χ0n) is 12.9. The van der Waals surface area contributed by atoms with E-state index >= 15 is 0 Å². The van der Waals surface area contributed by atoms with Gasteiger partial charge in [-0.05, 0) is 63.1 Å². The molecule has 0 aliphatic carbocycles. The highest BCUT2D eigenvalue weighted by atomic mass is 16.7. The van der Waals surface area contributed by atoms with Crippen molar-refractivity contribution in [3.05, 3.63) is 17.7 Å². The maximum absolute atomic E-state index is 5.45. The largest absolute Gasteiger partial charge is 0.493 e. The normalized spacial score (nSPS) is 19.0. The summed E-state index contributed by atoms with van der Waals surface area (Å²) in [5, 5.41) is 3.56. The van der Waals surface area contributed by atoms with Crippen LogP contribution >= 0.6 is 0 Å². The first-order chi connectivity index (χ1) is 10.3. The molecule has 0 aromatic heterocycles. The van der Waals surface area contributed by atoms with Gasteiger partial charge in [-0.15, -0.1) is 0 Å². The van der Waals surface area contributed by atoms with Gasteiger partial charge < -0.3 is 24.4 Å². The van der Waals surface area contributed by atoms with E-state index in [1.165, 1.54) is 31.5 Å². The van der Waals surface area contributed by atoms with Crippen LogP contribution < -0.4 is 19.5 Å². The van der Waals surface area contributed by atoms with E-state index in [1.54, 1.807) is 7.11 Å². The first-order valence-corrected chi connectivity index (χ1v) is 7.62. The number of fused-ring (bicyclic) bond motifs is 1. The van der Waals surface area contributed by atoms with E-state index in [2.05, 4.69) is 17.3 Å². The number of ether oxygens (including phenoxy) is 3. The lowest BCUT2D eigenvalue weighted by Gasteiger charge is -2.29. The summed E-state index contributed by atoms with van der Waals surface area (Å²) in [7, 11) is 3.86. The van der Waals surface area contributed by atoms with Crippen molar-refractivity contribution < 1.29 is 14.2 Å². The molecular formula is C16H24N2O3. The van der Waals surface area contributed by atoms with Gasteiger partial charge in [-0.3, -0.25) is 0 Å². The molecule has 1 aromatic carbocycles. The Labute approximate surface area is 126 Å². The molecule has 2 heterocycles. The lowest BCUT2D eigenvalue weighted by molar-refractivity contribution is 0.171. The third-order valence-corrected chi connectivity index (χ3v) is 4.32. The molecule has 0 atom stereocenters. The Balaban J connectivity index is 1.53. The maximum atomic E-state index is 5.45. The van der Waals surface area contributed by atoms with E-state index in [1.807, 2.05) is 12.1 Å². The van der Waals surface area contributed by atoms with Crippen molar-refractivity contribution in [2.45, 2.75) is 19.4 Å². The zero-order valence-corrected chi connectivity index (χ0v) is 12.9. The van der Waals surface area contributed by atoms with Crippen LogP contribution in [-0.2, 0) is 6.54 Å². The van der Waals surface area contributed by atoms with Crippen LogP contribution in [-0.4, -0.2) is 45.5 Å². The molecule has 5 nitrogen and oxygen atoms in total. The summed E-state index contributed by atoms with van der Waals surface area (Å²) in [5.74, 6) is 3.04. The average Bonchev–Trinajstić information content (AvgIpc) is 2.97. The number of likely N-dealkylation sites (tertiary alicyclic amines) is 1. The van der Waals surface area contributed by atoms with E-state index in [0.717, 1.165) is 36.3 Å². The number of methoxy groups -OCH3 is 1. The molecule has 1 fully saturated rings. The summed E-state index contributed by atoms with van der Waals surface area (Å²) < 4.78 is 16.2. The molecule has 5 heteroatoms. The third kappa shape index (κ3) is 3.41. The highest BCUT2D eigenvalue weighted by molar-refractivity contribution is 5.55. The maximum Gasteiger partial charge on any atom is 0.231 e. The minimum atomic E-state index is 0.276. The average molecular weight is 292 g/mol. The SMILES string of the molecule is COc1cc(CNCC2CCN(C)CC2)cc2c1OCO2. The molecule has 0 amide bonds. The summed E-state index contributed by atoms with van der Waals surface area (Å²) >= 11 is 0. The van der Waals surface area contributed by atoms with Gasteiger partial charge in [-0.2, -0.15) is 0 Å². The quantitative estimate of drug-likeness (QED) is 0.897. The number of benzene rings is 1. The molecule has 2 aliphatic rings. The third-order valence-electron chi connectivity index (χ3n) is 4.32. The van der Waals surface area contributed by atoms with Crippen LogP contribution in [0.25, 0.3) is 0 Å². The predicted octanol–water partition coefficient (Wildman–Crippen LogP) is 1.86. The van der Waals surface area contributed by atoms with Crippen molar-refractivity contribution in [1.29, 1.82) is 0 Å². The van der Waals surface area contributed by atoms with Gasteiger partial charge >= 0.3 is 0 Å². The molecule has 116 valence electrons. The number of hydrogen-bond acceptors (Lipinski definition) is 5. The molecule has 1 N–H and O–H groups in total. The Bertz CT molecular complexity index is 485. The molecule has 0 bridgehead atoms. The lowest BCUT2D eigenvalue weighted by Crippen LogP contribution is -2.34. The smallest absolute Gasteiger partial charge is 0.231 e. The lowest BCUT2D eigenvalue weighted by atomic mass is 9.97. The monoisotopic (exact) mass is 292 g/mol. The topological polar surface area (TPSA) is 43.0 Å². The van der Waals surface area contributed by atoms with Crippen molar-refractivity contribution >= 4 is 0 Å². The zero-order chi connectivity index (χ0) is 14.7. The van der Waals surface area contributed by atoms with Crippen molar-refractivity contribution in [2.24, 2.45) is 5.92 Å². The second kappa shape index (κ2) is 6.54. The highest BCUT2D eigenvalue weighted by Crippen LogP contribution is 2.41. The van der Waals surface area contributed by atoms with Gasteiger partial charge in [0.2, 0.25) is 12.5 Å². The Morgan fingerprint density at radius 1 is 1.29 bits per heavy atom. The Morgan fingerprint density at radius 3 is 2.86 bits per heavy atom. The molecule has 1 saturated heterocycles. The van der Waals surface area contributed by atoms with Gasteiger partial charge in [0.1, 0.15) is 0 Å². The van der Waals surface area contributed by atoms with Gasteiger partial charge in [-0.25, -0.2) is 0 Å². The number of piperidine rings is 1. The van der Waals surface area contributed by atoms with E-state index in [4.69, 9.17) is 14.2 Å². The Morgan fingerprint density at radius 2 is 2.10 bits per heavy atom. The Kier molecular flexibility index (Phi) is 4.51. The van der Waals surface area contributed by atoms with Crippen LogP contribution in [0.5, 0.6) is 17.2 Å².